The number of nitrogens with one attached hydrogen (secondary N) is 1. The van der Waals surface area contributed by atoms with Crippen LogP contribution in [0.3, 0.4) is 0 Å². The van der Waals surface area contributed by atoms with Gasteiger partial charge >= 0.3 is 0 Å². The Kier molecular flexibility index (Phi) is 4.22. The summed E-state index contributed by atoms with van der Waals surface area (Å²) < 4.78 is 16.0. The summed E-state index contributed by atoms with van der Waals surface area (Å²) in [6.45, 7) is 2.19. The molecule has 3 aromatic rings. The molecule has 1 aliphatic rings. The predicted molar refractivity (Wildman–Crippen MR) is 99.4 cm³/mol. The van der Waals surface area contributed by atoms with Gasteiger partial charge in [-0.1, -0.05) is 11.6 Å². The van der Waals surface area contributed by atoms with Crippen LogP contribution in [0.1, 0.15) is 15.9 Å². The third kappa shape index (κ3) is 3.09. The highest BCUT2D eigenvalue weighted by Crippen LogP contribution is 2.34. The van der Waals surface area contributed by atoms with E-state index in [0.717, 1.165) is 22.6 Å². The number of methoxy groups -OCH3 is 1. The van der Waals surface area contributed by atoms with Crippen LogP contribution in [0.5, 0.6) is 17.2 Å². The Bertz CT molecular complexity index is 983. The molecule has 1 aromatic heterocycles. The number of fused-ring (bicyclic) bond motifs is 1. The first-order valence-corrected chi connectivity index (χ1v) is 8.83. The van der Waals surface area contributed by atoms with Crippen LogP contribution in [0.25, 0.3) is 11.3 Å². The maximum absolute atomic E-state index is 12.5. The van der Waals surface area contributed by atoms with Gasteiger partial charge in [0, 0.05) is 16.5 Å². The molecule has 0 unspecified atom stereocenters. The molecular formula is C19H16N2O4S. The maximum atomic E-state index is 12.5. The van der Waals surface area contributed by atoms with Crippen LogP contribution in [0, 0.1) is 6.92 Å². The molecule has 0 saturated carbocycles. The predicted octanol–water partition coefficient (Wildman–Crippen LogP) is 4.11. The number of ether oxygens (including phenoxy) is 3. The summed E-state index contributed by atoms with van der Waals surface area (Å²) in [6, 6.07) is 11.0. The summed E-state index contributed by atoms with van der Waals surface area (Å²) in [7, 11) is 1.63. The van der Waals surface area contributed by atoms with E-state index in [1.807, 2.05) is 30.5 Å². The largest absolute Gasteiger partial charge is 0.496 e. The number of aromatic nitrogens is 1. The molecule has 4 rings (SSSR count). The van der Waals surface area contributed by atoms with Gasteiger partial charge in [0.05, 0.1) is 12.8 Å². The number of hydrogen-bond acceptors (Lipinski definition) is 6. The smallest absolute Gasteiger partial charge is 0.257 e. The fraction of sp³-hybridized carbons (Fsp3) is 0.158. The van der Waals surface area contributed by atoms with E-state index in [9.17, 15) is 4.79 Å². The second kappa shape index (κ2) is 6.68. The molecule has 26 heavy (non-hydrogen) atoms. The average molecular weight is 368 g/mol. The van der Waals surface area contributed by atoms with E-state index in [1.165, 1.54) is 11.3 Å². The van der Waals surface area contributed by atoms with Gasteiger partial charge < -0.3 is 14.2 Å². The number of carbonyl (C=O) groups is 1. The first-order chi connectivity index (χ1) is 12.6. The van der Waals surface area contributed by atoms with Crippen molar-refractivity contribution >= 4 is 22.4 Å². The Labute approximate surface area is 154 Å². The van der Waals surface area contributed by atoms with Crippen LogP contribution in [-0.2, 0) is 0 Å². The van der Waals surface area contributed by atoms with Crippen LogP contribution in [0.4, 0.5) is 5.13 Å². The number of benzene rings is 2. The highest BCUT2D eigenvalue weighted by molar-refractivity contribution is 7.14. The number of rotatable bonds is 4. The Hall–Kier alpha value is -3.06. The molecule has 0 aliphatic carbocycles. The molecule has 0 saturated heterocycles. The van der Waals surface area contributed by atoms with Gasteiger partial charge in [-0.05, 0) is 37.3 Å². The lowest BCUT2D eigenvalue weighted by Crippen LogP contribution is -2.11. The van der Waals surface area contributed by atoms with Gasteiger partial charge in [0.2, 0.25) is 6.79 Å². The highest BCUT2D eigenvalue weighted by atomic mass is 32.1. The van der Waals surface area contributed by atoms with Gasteiger partial charge in [-0.3, -0.25) is 10.1 Å². The lowest BCUT2D eigenvalue weighted by atomic mass is 10.1. The van der Waals surface area contributed by atoms with Crippen LogP contribution in [0.15, 0.2) is 41.8 Å². The molecule has 1 N–H and O–H groups in total. The normalized spacial score (nSPS) is 12.1. The first kappa shape index (κ1) is 16.4. The molecule has 0 fully saturated rings. The quantitative estimate of drug-likeness (QED) is 0.750. The Balaban J connectivity index is 1.55. The van der Waals surface area contributed by atoms with Crippen molar-refractivity contribution in [2.75, 3.05) is 19.2 Å². The van der Waals surface area contributed by atoms with Crippen LogP contribution >= 0.6 is 11.3 Å². The lowest BCUT2D eigenvalue weighted by molar-refractivity contribution is 0.102. The van der Waals surface area contributed by atoms with Crippen molar-refractivity contribution in [1.29, 1.82) is 0 Å². The molecule has 6 nitrogen and oxygen atoms in total. The fourth-order valence-corrected chi connectivity index (χ4v) is 3.39. The second-order valence-electron chi connectivity index (χ2n) is 5.76. The molecule has 2 heterocycles. The number of nitrogens with zero attached hydrogens (tertiary/aromatic N) is 1. The van der Waals surface area contributed by atoms with E-state index < -0.39 is 0 Å². The van der Waals surface area contributed by atoms with Crippen molar-refractivity contribution in [2.24, 2.45) is 0 Å². The van der Waals surface area contributed by atoms with Crippen LogP contribution in [-0.4, -0.2) is 24.8 Å². The standard InChI is InChI=1S/C19H16N2O4S/c1-11-3-5-15(23-2)13(7-11)14-9-26-19(20-14)21-18(22)12-4-6-16-17(8-12)25-10-24-16/h3-9H,10H2,1-2H3,(H,20,21,22). The molecule has 0 atom stereocenters. The van der Waals surface area contributed by atoms with E-state index in [-0.39, 0.29) is 12.7 Å². The SMILES string of the molecule is COc1ccc(C)cc1-c1csc(NC(=O)c2ccc3c(c2)OCO3)n1. The zero-order chi connectivity index (χ0) is 18.1. The molecular weight excluding hydrogens is 352 g/mol. The molecule has 0 bridgehead atoms. The number of thiazole rings is 1. The van der Waals surface area contributed by atoms with E-state index >= 15 is 0 Å². The Morgan fingerprint density at radius 2 is 2.04 bits per heavy atom. The van der Waals surface area contributed by atoms with E-state index in [1.54, 1.807) is 25.3 Å². The van der Waals surface area contributed by atoms with Crippen molar-refractivity contribution < 1.29 is 19.0 Å². The summed E-state index contributed by atoms with van der Waals surface area (Å²) in [5.41, 5.74) is 3.25. The lowest BCUT2D eigenvalue weighted by Gasteiger charge is -2.07. The summed E-state index contributed by atoms with van der Waals surface area (Å²) in [5.74, 6) is 1.71. The Morgan fingerprint density at radius 1 is 1.19 bits per heavy atom. The van der Waals surface area contributed by atoms with Gasteiger partial charge in [0.25, 0.3) is 5.91 Å². The average Bonchev–Trinajstić information content (AvgIpc) is 3.30. The highest BCUT2D eigenvalue weighted by Gasteiger charge is 2.17. The minimum absolute atomic E-state index is 0.175. The minimum atomic E-state index is -0.250. The van der Waals surface area contributed by atoms with Gasteiger partial charge in [-0.15, -0.1) is 11.3 Å². The molecule has 2 aromatic carbocycles. The topological polar surface area (TPSA) is 69.7 Å². The van der Waals surface area contributed by atoms with Crippen molar-refractivity contribution in [1.82, 2.24) is 4.98 Å². The van der Waals surface area contributed by atoms with Gasteiger partial charge in [0.1, 0.15) is 5.75 Å². The number of anilines is 1. The third-order valence-corrected chi connectivity index (χ3v) is 4.75. The monoisotopic (exact) mass is 368 g/mol. The molecule has 0 spiro atoms. The number of hydrogen-bond donors (Lipinski definition) is 1. The zero-order valence-corrected chi connectivity index (χ0v) is 15.1. The summed E-state index contributed by atoms with van der Waals surface area (Å²) in [6.07, 6.45) is 0. The number of aryl methyl sites for hydroxylation is 1. The summed E-state index contributed by atoms with van der Waals surface area (Å²) in [4.78, 5) is 17.0. The van der Waals surface area contributed by atoms with Crippen molar-refractivity contribution in [3.05, 3.63) is 52.9 Å². The van der Waals surface area contributed by atoms with Gasteiger partial charge in [-0.2, -0.15) is 0 Å². The number of amides is 1. The van der Waals surface area contributed by atoms with Crippen LogP contribution in [0.2, 0.25) is 0 Å². The first-order valence-electron chi connectivity index (χ1n) is 7.95. The molecule has 7 heteroatoms. The third-order valence-electron chi connectivity index (χ3n) is 3.99. The second-order valence-corrected chi connectivity index (χ2v) is 6.62. The molecule has 0 radical (unpaired) electrons. The van der Waals surface area contributed by atoms with Gasteiger partial charge in [0.15, 0.2) is 16.6 Å². The summed E-state index contributed by atoms with van der Waals surface area (Å²) in [5, 5.41) is 5.24. The number of carbonyl (C=O) groups excluding carboxylic acids is 1. The zero-order valence-electron chi connectivity index (χ0n) is 14.2. The Morgan fingerprint density at radius 3 is 2.88 bits per heavy atom. The summed E-state index contributed by atoms with van der Waals surface area (Å²) >= 11 is 1.36. The van der Waals surface area contributed by atoms with E-state index in [0.29, 0.717) is 22.2 Å². The van der Waals surface area contributed by atoms with E-state index in [4.69, 9.17) is 14.2 Å². The maximum Gasteiger partial charge on any atom is 0.257 e. The molecule has 1 aliphatic heterocycles. The van der Waals surface area contributed by atoms with E-state index in [2.05, 4.69) is 10.3 Å². The van der Waals surface area contributed by atoms with Crippen LogP contribution < -0.4 is 19.5 Å². The van der Waals surface area contributed by atoms with Gasteiger partial charge in [-0.25, -0.2) is 4.98 Å². The van der Waals surface area contributed by atoms with Crippen molar-refractivity contribution in [3.63, 3.8) is 0 Å². The minimum Gasteiger partial charge on any atom is -0.496 e. The molecule has 132 valence electrons. The van der Waals surface area contributed by atoms with Crippen molar-refractivity contribution in [2.45, 2.75) is 6.92 Å². The fourth-order valence-electron chi connectivity index (χ4n) is 2.68. The van der Waals surface area contributed by atoms with Crippen molar-refractivity contribution in [3.8, 4) is 28.5 Å². The molecule has 1 amide bonds.